The molecule has 9 heteroatoms. The van der Waals surface area contributed by atoms with Crippen LogP contribution in [0.15, 0.2) is 71.5 Å². The van der Waals surface area contributed by atoms with Gasteiger partial charge in [0.25, 0.3) is 5.89 Å². The van der Waals surface area contributed by atoms with Gasteiger partial charge >= 0.3 is 6.18 Å². The van der Waals surface area contributed by atoms with Crippen LogP contribution in [0, 0.1) is 0 Å². The Balaban J connectivity index is 1.48. The molecule has 0 fully saturated rings. The highest BCUT2D eigenvalue weighted by molar-refractivity contribution is 5.58. The van der Waals surface area contributed by atoms with Gasteiger partial charge in [0.05, 0.1) is 5.56 Å². The topological polar surface area (TPSA) is 73.9 Å². The number of benzene rings is 1. The molecule has 3 heterocycles. The molecule has 0 atom stereocenters. The summed E-state index contributed by atoms with van der Waals surface area (Å²) in [5.41, 5.74) is 0.407. The summed E-state index contributed by atoms with van der Waals surface area (Å²) in [7, 11) is 0. The molecule has 0 aliphatic heterocycles. The van der Waals surface area contributed by atoms with Crippen molar-refractivity contribution in [3.8, 4) is 34.6 Å². The predicted molar refractivity (Wildman–Crippen MR) is 92.3 cm³/mol. The molecule has 0 saturated carbocycles. The average Bonchev–Trinajstić information content (AvgIpc) is 3.19. The van der Waals surface area contributed by atoms with Crippen LogP contribution < -0.4 is 4.74 Å². The maximum Gasteiger partial charge on any atom is 0.417 e. The quantitative estimate of drug-likeness (QED) is 0.493. The van der Waals surface area contributed by atoms with Gasteiger partial charge in [-0.3, -0.25) is 4.98 Å². The Labute approximate surface area is 156 Å². The second kappa shape index (κ2) is 7.10. The van der Waals surface area contributed by atoms with Gasteiger partial charge in [0.2, 0.25) is 11.7 Å². The summed E-state index contributed by atoms with van der Waals surface area (Å²) in [5, 5.41) is 3.92. The van der Waals surface area contributed by atoms with Crippen molar-refractivity contribution >= 4 is 0 Å². The first-order valence-corrected chi connectivity index (χ1v) is 8.06. The maximum atomic E-state index is 12.6. The van der Waals surface area contributed by atoms with E-state index in [0.29, 0.717) is 28.7 Å². The summed E-state index contributed by atoms with van der Waals surface area (Å²) in [5.74, 6) is 1.13. The van der Waals surface area contributed by atoms with Crippen LogP contribution in [0.25, 0.3) is 23.0 Å². The lowest BCUT2D eigenvalue weighted by molar-refractivity contribution is -0.137. The molecule has 3 aromatic heterocycles. The lowest BCUT2D eigenvalue weighted by Crippen LogP contribution is -2.05. The van der Waals surface area contributed by atoms with E-state index in [-0.39, 0.29) is 5.88 Å². The van der Waals surface area contributed by atoms with Crippen molar-refractivity contribution < 1.29 is 22.4 Å². The first kappa shape index (κ1) is 17.7. The SMILES string of the molecule is FC(F)(F)c1ccc(Oc2ccc(-c3noc(-c4ccccn4)n3)cc2)nc1. The number of halogens is 3. The third-order valence-electron chi connectivity index (χ3n) is 3.71. The molecule has 0 aliphatic carbocycles. The summed E-state index contributed by atoms with van der Waals surface area (Å²) in [6, 6.07) is 14.1. The summed E-state index contributed by atoms with van der Waals surface area (Å²) in [4.78, 5) is 12.1. The Hall–Kier alpha value is -3.75. The van der Waals surface area contributed by atoms with Crippen LogP contribution in [0.5, 0.6) is 11.6 Å². The van der Waals surface area contributed by atoms with Gasteiger partial charge in [-0.1, -0.05) is 11.2 Å². The van der Waals surface area contributed by atoms with Crippen molar-refractivity contribution in [3.05, 3.63) is 72.6 Å². The number of alkyl halides is 3. The van der Waals surface area contributed by atoms with Crippen LogP contribution in [0.4, 0.5) is 13.2 Å². The maximum absolute atomic E-state index is 12.6. The Bertz CT molecular complexity index is 1060. The predicted octanol–water partition coefficient (Wildman–Crippen LogP) is 5.00. The molecule has 1 aromatic carbocycles. The Morgan fingerprint density at radius 1 is 0.893 bits per heavy atom. The number of hydrogen-bond donors (Lipinski definition) is 0. The molecular formula is C19H11F3N4O2. The van der Waals surface area contributed by atoms with Crippen molar-refractivity contribution in [1.29, 1.82) is 0 Å². The number of pyridine rings is 2. The molecule has 4 aromatic rings. The fourth-order valence-electron chi connectivity index (χ4n) is 2.34. The number of hydrogen-bond acceptors (Lipinski definition) is 6. The molecule has 6 nitrogen and oxygen atoms in total. The highest BCUT2D eigenvalue weighted by Gasteiger charge is 2.30. The number of aromatic nitrogens is 4. The summed E-state index contributed by atoms with van der Waals surface area (Å²) < 4.78 is 48.3. The molecular weight excluding hydrogens is 373 g/mol. The second-order valence-electron chi connectivity index (χ2n) is 5.65. The highest BCUT2D eigenvalue weighted by Crippen LogP contribution is 2.30. The second-order valence-corrected chi connectivity index (χ2v) is 5.65. The highest BCUT2D eigenvalue weighted by atomic mass is 19.4. The largest absolute Gasteiger partial charge is 0.439 e. The first-order valence-electron chi connectivity index (χ1n) is 8.06. The molecule has 0 amide bonds. The van der Waals surface area contributed by atoms with Crippen LogP contribution in [0.2, 0.25) is 0 Å². The summed E-state index contributed by atoms with van der Waals surface area (Å²) in [6.07, 6.45) is -2.09. The number of ether oxygens (including phenoxy) is 1. The van der Waals surface area contributed by atoms with E-state index >= 15 is 0 Å². The average molecular weight is 384 g/mol. The number of rotatable bonds is 4. The summed E-state index contributed by atoms with van der Waals surface area (Å²) in [6.45, 7) is 0. The Morgan fingerprint density at radius 2 is 1.71 bits per heavy atom. The lowest BCUT2D eigenvalue weighted by Gasteiger charge is -2.08. The zero-order chi connectivity index (χ0) is 19.6. The Kier molecular flexibility index (Phi) is 4.48. The minimum atomic E-state index is -4.44. The van der Waals surface area contributed by atoms with Crippen LogP contribution in [-0.2, 0) is 6.18 Å². The van der Waals surface area contributed by atoms with Crippen molar-refractivity contribution in [1.82, 2.24) is 20.1 Å². The van der Waals surface area contributed by atoms with E-state index in [9.17, 15) is 13.2 Å². The van der Waals surface area contributed by atoms with Gasteiger partial charge in [-0.25, -0.2) is 4.98 Å². The van der Waals surface area contributed by atoms with Gasteiger partial charge in [0.15, 0.2) is 0 Å². The fraction of sp³-hybridized carbons (Fsp3) is 0.0526. The minimum Gasteiger partial charge on any atom is -0.439 e. The van der Waals surface area contributed by atoms with Crippen LogP contribution in [-0.4, -0.2) is 20.1 Å². The molecule has 4 rings (SSSR count). The van der Waals surface area contributed by atoms with Crippen molar-refractivity contribution in [2.24, 2.45) is 0 Å². The van der Waals surface area contributed by atoms with Crippen molar-refractivity contribution in [3.63, 3.8) is 0 Å². The smallest absolute Gasteiger partial charge is 0.417 e. The molecule has 140 valence electrons. The van der Waals surface area contributed by atoms with Gasteiger partial charge in [0.1, 0.15) is 11.4 Å². The Morgan fingerprint density at radius 3 is 2.36 bits per heavy atom. The third-order valence-corrected chi connectivity index (χ3v) is 3.71. The zero-order valence-corrected chi connectivity index (χ0v) is 14.1. The van der Waals surface area contributed by atoms with Gasteiger partial charge in [-0.2, -0.15) is 18.2 Å². The monoisotopic (exact) mass is 384 g/mol. The van der Waals surface area contributed by atoms with E-state index in [1.54, 1.807) is 42.6 Å². The van der Waals surface area contributed by atoms with Crippen LogP contribution in [0.1, 0.15) is 5.56 Å². The lowest BCUT2D eigenvalue weighted by atomic mass is 10.2. The molecule has 0 spiro atoms. The van der Waals surface area contributed by atoms with E-state index < -0.39 is 11.7 Å². The molecule has 0 aliphatic rings. The normalized spacial score (nSPS) is 11.4. The molecule has 0 radical (unpaired) electrons. The van der Waals surface area contributed by atoms with Gasteiger partial charge in [-0.15, -0.1) is 0 Å². The molecule has 28 heavy (non-hydrogen) atoms. The summed E-state index contributed by atoms with van der Waals surface area (Å²) >= 11 is 0. The number of nitrogens with zero attached hydrogens (tertiary/aromatic N) is 4. The van der Waals surface area contributed by atoms with Gasteiger partial charge in [-0.05, 0) is 42.5 Å². The standard InChI is InChI=1S/C19H11F3N4O2/c20-19(21,22)13-6-9-16(24-11-13)27-14-7-4-12(5-8-14)17-25-18(28-26-17)15-3-1-2-10-23-15/h1-11H. The first-order chi connectivity index (χ1) is 13.5. The van der Waals surface area contributed by atoms with E-state index in [1.165, 1.54) is 0 Å². The van der Waals surface area contributed by atoms with Gasteiger partial charge in [0, 0.05) is 24.0 Å². The van der Waals surface area contributed by atoms with Gasteiger partial charge < -0.3 is 9.26 Å². The molecule has 0 saturated heterocycles. The fourth-order valence-corrected chi connectivity index (χ4v) is 2.34. The molecule has 0 bridgehead atoms. The van der Waals surface area contributed by atoms with Crippen LogP contribution in [0.3, 0.4) is 0 Å². The van der Waals surface area contributed by atoms with Crippen LogP contribution >= 0.6 is 0 Å². The minimum absolute atomic E-state index is 0.0535. The van der Waals surface area contributed by atoms with Crippen molar-refractivity contribution in [2.75, 3.05) is 0 Å². The van der Waals surface area contributed by atoms with Crippen molar-refractivity contribution in [2.45, 2.75) is 6.18 Å². The molecule has 0 unspecified atom stereocenters. The third kappa shape index (κ3) is 3.83. The molecule has 0 N–H and O–H groups in total. The zero-order valence-electron chi connectivity index (χ0n) is 14.1. The van der Waals surface area contributed by atoms with E-state index in [1.807, 2.05) is 6.07 Å². The van der Waals surface area contributed by atoms with E-state index in [0.717, 1.165) is 18.3 Å². The van der Waals surface area contributed by atoms with E-state index in [4.69, 9.17) is 9.26 Å². The van der Waals surface area contributed by atoms with E-state index in [2.05, 4.69) is 20.1 Å².